The van der Waals surface area contributed by atoms with Crippen LogP contribution in [-0.2, 0) is 0 Å². The maximum absolute atomic E-state index is 4.31. The third-order valence-corrected chi connectivity index (χ3v) is 3.41. The Morgan fingerprint density at radius 3 is 2.35 bits per heavy atom. The Morgan fingerprint density at radius 2 is 1.76 bits per heavy atom. The third-order valence-electron chi connectivity index (χ3n) is 3.41. The van der Waals surface area contributed by atoms with Crippen molar-refractivity contribution in [3.05, 3.63) is 35.2 Å². The first-order valence-electron chi connectivity index (χ1n) is 6.14. The van der Waals surface area contributed by atoms with Crippen molar-refractivity contribution in [3.63, 3.8) is 0 Å². The molecule has 1 heterocycles. The second kappa shape index (κ2) is 3.69. The van der Waals surface area contributed by atoms with Crippen LogP contribution in [0.5, 0.6) is 0 Å². The fraction of sp³-hybridized carbons (Fsp3) is 0.429. The van der Waals surface area contributed by atoms with E-state index in [1.165, 1.54) is 35.1 Å². The Morgan fingerprint density at radius 1 is 1.12 bits per heavy atom. The largest absolute Gasteiger partial charge is 0.310 e. The van der Waals surface area contributed by atoms with Gasteiger partial charge in [0.25, 0.3) is 0 Å². The predicted octanol–water partition coefficient (Wildman–Crippen LogP) is 3.21. The van der Waals surface area contributed by atoms with Gasteiger partial charge in [-0.25, -0.2) is 0 Å². The van der Waals surface area contributed by atoms with Gasteiger partial charge in [-0.3, -0.25) is 0 Å². The van der Waals surface area contributed by atoms with E-state index in [0.29, 0.717) is 6.04 Å². The highest BCUT2D eigenvalue weighted by Gasteiger charge is 2.27. The van der Waals surface area contributed by atoms with Crippen LogP contribution in [0.25, 0.3) is 11.4 Å². The molecule has 0 amide bonds. The molecule has 1 fully saturated rings. The van der Waals surface area contributed by atoms with Crippen LogP contribution >= 0.6 is 0 Å². The van der Waals surface area contributed by atoms with Crippen molar-refractivity contribution in [1.82, 2.24) is 14.8 Å². The molecule has 3 heteroatoms. The minimum atomic E-state index is 0.625. The number of benzene rings is 1. The van der Waals surface area contributed by atoms with Crippen molar-refractivity contribution in [2.24, 2.45) is 0 Å². The average molecular weight is 227 g/mol. The number of rotatable bonds is 2. The predicted molar refractivity (Wildman–Crippen MR) is 67.9 cm³/mol. The van der Waals surface area contributed by atoms with E-state index >= 15 is 0 Å². The molecule has 0 saturated heterocycles. The summed E-state index contributed by atoms with van der Waals surface area (Å²) in [7, 11) is 0. The first-order chi connectivity index (χ1) is 8.16. The molecular formula is C14H17N3. The lowest BCUT2D eigenvalue weighted by atomic mass is 9.99. The van der Waals surface area contributed by atoms with Gasteiger partial charge in [0.2, 0.25) is 0 Å². The molecule has 0 N–H and O–H groups in total. The van der Waals surface area contributed by atoms with Crippen molar-refractivity contribution >= 4 is 0 Å². The van der Waals surface area contributed by atoms with Crippen molar-refractivity contribution in [2.45, 2.75) is 39.7 Å². The van der Waals surface area contributed by atoms with Crippen LogP contribution in [0.2, 0.25) is 0 Å². The van der Waals surface area contributed by atoms with E-state index in [1.54, 1.807) is 0 Å². The SMILES string of the molecule is Cc1cc(C)c(-c2nncn2C2CC2)c(C)c1. The molecule has 0 spiro atoms. The summed E-state index contributed by atoms with van der Waals surface area (Å²) in [5.74, 6) is 1.03. The van der Waals surface area contributed by atoms with Crippen LogP contribution in [0.4, 0.5) is 0 Å². The Bertz CT molecular complexity index is 542. The van der Waals surface area contributed by atoms with Gasteiger partial charge < -0.3 is 4.57 Å². The molecule has 1 saturated carbocycles. The molecule has 1 aromatic heterocycles. The van der Waals surface area contributed by atoms with Gasteiger partial charge in [0.1, 0.15) is 6.33 Å². The molecule has 0 unspecified atom stereocenters. The molecule has 2 aromatic rings. The molecule has 1 aromatic carbocycles. The second-order valence-electron chi connectivity index (χ2n) is 5.07. The lowest BCUT2D eigenvalue weighted by Gasteiger charge is -2.11. The molecule has 3 rings (SSSR count). The standard InChI is InChI=1S/C14H17N3/c1-9-6-10(2)13(11(3)7-9)14-16-15-8-17(14)12-4-5-12/h6-8,12H,4-5H2,1-3H3. The lowest BCUT2D eigenvalue weighted by Crippen LogP contribution is -1.99. The second-order valence-corrected chi connectivity index (χ2v) is 5.07. The first kappa shape index (κ1) is 10.5. The fourth-order valence-corrected chi connectivity index (χ4v) is 2.57. The van der Waals surface area contributed by atoms with E-state index in [9.17, 15) is 0 Å². The zero-order valence-electron chi connectivity index (χ0n) is 10.6. The van der Waals surface area contributed by atoms with Crippen LogP contribution in [-0.4, -0.2) is 14.8 Å². The summed E-state index contributed by atoms with van der Waals surface area (Å²) in [6.07, 6.45) is 4.38. The van der Waals surface area contributed by atoms with Gasteiger partial charge >= 0.3 is 0 Å². The van der Waals surface area contributed by atoms with Crippen molar-refractivity contribution in [1.29, 1.82) is 0 Å². The van der Waals surface area contributed by atoms with E-state index in [2.05, 4.69) is 47.7 Å². The minimum absolute atomic E-state index is 0.625. The zero-order chi connectivity index (χ0) is 12.0. The maximum Gasteiger partial charge on any atom is 0.164 e. The van der Waals surface area contributed by atoms with Crippen LogP contribution in [0, 0.1) is 20.8 Å². The minimum Gasteiger partial charge on any atom is -0.310 e. The molecular weight excluding hydrogens is 210 g/mol. The third kappa shape index (κ3) is 1.75. The smallest absolute Gasteiger partial charge is 0.164 e. The molecule has 0 atom stereocenters. The zero-order valence-corrected chi connectivity index (χ0v) is 10.6. The van der Waals surface area contributed by atoms with Crippen LogP contribution in [0.3, 0.4) is 0 Å². The first-order valence-corrected chi connectivity index (χ1v) is 6.14. The summed E-state index contributed by atoms with van der Waals surface area (Å²) in [5, 5.41) is 8.39. The topological polar surface area (TPSA) is 30.7 Å². The number of aromatic nitrogens is 3. The molecule has 17 heavy (non-hydrogen) atoms. The summed E-state index contributed by atoms with van der Waals surface area (Å²) in [4.78, 5) is 0. The van der Waals surface area contributed by atoms with E-state index in [0.717, 1.165) is 5.82 Å². The normalized spacial score (nSPS) is 15.2. The highest BCUT2D eigenvalue weighted by Crippen LogP contribution is 2.38. The summed E-state index contributed by atoms with van der Waals surface area (Å²) in [6, 6.07) is 5.06. The fourth-order valence-electron chi connectivity index (χ4n) is 2.57. The lowest BCUT2D eigenvalue weighted by molar-refractivity contribution is 0.745. The van der Waals surface area contributed by atoms with E-state index in [-0.39, 0.29) is 0 Å². The van der Waals surface area contributed by atoms with E-state index in [1.807, 2.05) is 6.33 Å². The quantitative estimate of drug-likeness (QED) is 0.788. The Hall–Kier alpha value is -1.64. The number of aryl methyl sites for hydroxylation is 3. The monoisotopic (exact) mass is 227 g/mol. The van der Waals surface area contributed by atoms with Gasteiger partial charge in [-0.1, -0.05) is 17.7 Å². The molecule has 0 bridgehead atoms. The molecule has 1 aliphatic rings. The van der Waals surface area contributed by atoms with Crippen LogP contribution in [0.15, 0.2) is 18.5 Å². The van der Waals surface area contributed by atoms with E-state index in [4.69, 9.17) is 0 Å². The molecule has 88 valence electrons. The van der Waals surface area contributed by atoms with Crippen molar-refractivity contribution in [3.8, 4) is 11.4 Å². The highest BCUT2D eigenvalue weighted by molar-refractivity contribution is 5.65. The Balaban J connectivity index is 2.17. The Labute approximate surface area is 101 Å². The van der Waals surface area contributed by atoms with Gasteiger partial charge in [0, 0.05) is 11.6 Å². The summed E-state index contributed by atoms with van der Waals surface area (Å²) >= 11 is 0. The molecule has 1 aliphatic carbocycles. The van der Waals surface area contributed by atoms with Gasteiger partial charge in [0.05, 0.1) is 0 Å². The molecule has 0 radical (unpaired) electrons. The average Bonchev–Trinajstić information content (AvgIpc) is 2.98. The summed E-state index contributed by atoms with van der Waals surface area (Å²) in [6.45, 7) is 6.44. The summed E-state index contributed by atoms with van der Waals surface area (Å²) < 4.78 is 2.23. The Kier molecular flexibility index (Phi) is 2.28. The van der Waals surface area contributed by atoms with Gasteiger partial charge in [-0.05, 0) is 44.7 Å². The number of hydrogen-bond acceptors (Lipinski definition) is 2. The van der Waals surface area contributed by atoms with Crippen molar-refractivity contribution < 1.29 is 0 Å². The molecule has 3 nitrogen and oxygen atoms in total. The van der Waals surface area contributed by atoms with Crippen LogP contribution in [0.1, 0.15) is 35.6 Å². The van der Waals surface area contributed by atoms with Crippen LogP contribution < -0.4 is 0 Å². The number of nitrogens with zero attached hydrogens (tertiary/aromatic N) is 3. The highest BCUT2D eigenvalue weighted by atomic mass is 15.3. The molecule has 0 aliphatic heterocycles. The maximum atomic E-state index is 4.31. The van der Waals surface area contributed by atoms with Crippen molar-refractivity contribution in [2.75, 3.05) is 0 Å². The number of hydrogen-bond donors (Lipinski definition) is 0. The van der Waals surface area contributed by atoms with Gasteiger partial charge in [-0.15, -0.1) is 10.2 Å². The summed E-state index contributed by atoms with van der Waals surface area (Å²) in [5.41, 5.74) is 5.14. The van der Waals surface area contributed by atoms with E-state index < -0.39 is 0 Å². The van der Waals surface area contributed by atoms with Gasteiger partial charge in [0.15, 0.2) is 5.82 Å². The van der Waals surface area contributed by atoms with Gasteiger partial charge in [-0.2, -0.15) is 0 Å².